The van der Waals surface area contributed by atoms with Crippen LogP contribution in [-0.2, 0) is 29.5 Å². The van der Waals surface area contributed by atoms with Crippen LogP contribution in [0, 0.1) is 0 Å². The average Bonchev–Trinajstić information content (AvgIpc) is 3.19. The number of aromatic amines is 2. The highest BCUT2D eigenvalue weighted by molar-refractivity contribution is 5.80. The highest BCUT2D eigenvalue weighted by atomic mass is 16.5. The number of nitrogens with one attached hydrogen (secondary N) is 2. The number of carbonyl (C=O) groups is 1. The molecule has 4 aromatic rings. The van der Waals surface area contributed by atoms with Gasteiger partial charge in [-0.3, -0.25) is 19.1 Å². The van der Waals surface area contributed by atoms with Crippen molar-refractivity contribution in [1.82, 2.24) is 24.1 Å². The predicted octanol–water partition coefficient (Wildman–Crippen LogP) is 1.06. The Kier molecular flexibility index (Phi) is 4.34. The largest absolute Gasteiger partial charge is 0.466 e. The normalized spacial score (nSPS) is 11.4. The number of hydrogen-bond acceptors (Lipinski definition) is 5. The minimum Gasteiger partial charge on any atom is -0.466 e. The van der Waals surface area contributed by atoms with Crippen molar-refractivity contribution in [3.05, 3.63) is 62.7 Å². The van der Waals surface area contributed by atoms with Crippen molar-refractivity contribution in [3.8, 4) is 0 Å². The van der Waals surface area contributed by atoms with E-state index in [-0.39, 0.29) is 30.7 Å². The van der Waals surface area contributed by atoms with E-state index in [1.54, 1.807) is 14.0 Å². The van der Waals surface area contributed by atoms with Gasteiger partial charge in [-0.2, -0.15) is 0 Å². The zero-order chi connectivity index (χ0) is 19.8. The van der Waals surface area contributed by atoms with Crippen molar-refractivity contribution in [2.45, 2.75) is 19.9 Å². The summed E-state index contributed by atoms with van der Waals surface area (Å²) in [6.07, 6.45) is -0.0808. The third-order valence-corrected chi connectivity index (χ3v) is 4.63. The van der Waals surface area contributed by atoms with Crippen molar-refractivity contribution in [2.24, 2.45) is 7.05 Å². The first-order valence-corrected chi connectivity index (χ1v) is 8.88. The Balaban J connectivity index is 1.77. The van der Waals surface area contributed by atoms with Crippen LogP contribution >= 0.6 is 0 Å². The lowest BCUT2D eigenvalue weighted by atomic mass is 10.2. The van der Waals surface area contributed by atoms with E-state index in [0.29, 0.717) is 5.82 Å². The molecule has 0 amide bonds. The summed E-state index contributed by atoms with van der Waals surface area (Å²) in [5.41, 5.74) is 1.03. The predicted molar refractivity (Wildman–Crippen MR) is 103 cm³/mol. The van der Waals surface area contributed by atoms with Crippen molar-refractivity contribution >= 4 is 28.0 Å². The van der Waals surface area contributed by atoms with Gasteiger partial charge in [0.25, 0.3) is 5.56 Å². The number of hydrogen-bond donors (Lipinski definition) is 2. The smallest absolute Gasteiger partial charge is 0.330 e. The van der Waals surface area contributed by atoms with Crippen molar-refractivity contribution in [2.75, 3.05) is 6.61 Å². The van der Waals surface area contributed by atoms with Crippen LogP contribution < -0.4 is 11.2 Å². The van der Waals surface area contributed by atoms with Crippen LogP contribution in [0.2, 0.25) is 0 Å². The Morgan fingerprint density at radius 2 is 2.00 bits per heavy atom. The molecule has 0 aliphatic heterocycles. The Labute approximate surface area is 158 Å². The standard InChI is InChI=1S/C19H19N5O4/c1-3-28-15(25)9-14-21-17-16(23(14)2)18(26)24(19(27)22-17)10-12-8-11-6-4-5-7-13(11)20-12/h4-8,20H,3,9-10H2,1-2H3,(H,22,27). The van der Waals surface area contributed by atoms with Gasteiger partial charge in [-0.05, 0) is 24.4 Å². The summed E-state index contributed by atoms with van der Waals surface area (Å²) in [4.78, 5) is 47.3. The van der Waals surface area contributed by atoms with Gasteiger partial charge in [0.1, 0.15) is 12.2 Å². The fourth-order valence-corrected chi connectivity index (χ4v) is 3.30. The number of esters is 1. The topological polar surface area (TPSA) is 115 Å². The molecule has 0 radical (unpaired) electrons. The van der Waals surface area contributed by atoms with Crippen LogP contribution in [0.25, 0.3) is 22.1 Å². The van der Waals surface area contributed by atoms with Crippen molar-refractivity contribution < 1.29 is 9.53 Å². The molecule has 0 spiro atoms. The molecule has 0 saturated heterocycles. The first-order chi connectivity index (χ1) is 13.5. The van der Waals surface area contributed by atoms with Gasteiger partial charge >= 0.3 is 11.7 Å². The number of H-pyrrole nitrogens is 2. The number of benzene rings is 1. The third-order valence-electron chi connectivity index (χ3n) is 4.63. The number of aryl methyl sites for hydroxylation is 1. The average molecular weight is 381 g/mol. The van der Waals surface area contributed by atoms with Gasteiger partial charge in [-0.25, -0.2) is 9.78 Å². The van der Waals surface area contributed by atoms with E-state index >= 15 is 0 Å². The highest BCUT2D eigenvalue weighted by Gasteiger charge is 2.18. The maximum absolute atomic E-state index is 13.0. The molecule has 0 bridgehead atoms. The van der Waals surface area contributed by atoms with Gasteiger partial charge in [0.15, 0.2) is 11.2 Å². The summed E-state index contributed by atoms with van der Waals surface area (Å²) in [7, 11) is 1.64. The van der Waals surface area contributed by atoms with Gasteiger partial charge in [0.05, 0.1) is 13.2 Å². The molecule has 0 aliphatic rings. The number of carbonyl (C=O) groups excluding carboxylic acids is 1. The second kappa shape index (κ2) is 6.84. The minimum absolute atomic E-state index is 0.0808. The van der Waals surface area contributed by atoms with E-state index in [9.17, 15) is 14.4 Å². The second-order valence-electron chi connectivity index (χ2n) is 6.47. The van der Waals surface area contributed by atoms with Gasteiger partial charge in [0.2, 0.25) is 0 Å². The van der Waals surface area contributed by atoms with Gasteiger partial charge < -0.3 is 14.3 Å². The molecular weight excluding hydrogens is 362 g/mol. The van der Waals surface area contributed by atoms with Gasteiger partial charge in [0, 0.05) is 18.3 Å². The molecule has 3 heterocycles. The molecule has 0 aliphatic carbocycles. The molecule has 9 heteroatoms. The molecule has 1 aromatic carbocycles. The molecule has 0 fully saturated rings. The monoisotopic (exact) mass is 381 g/mol. The lowest BCUT2D eigenvalue weighted by molar-refractivity contribution is -0.142. The van der Waals surface area contributed by atoms with Crippen LogP contribution in [0.1, 0.15) is 18.4 Å². The molecule has 0 unspecified atom stereocenters. The van der Waals surface area contributed by atoms with Crippen LogP contribution in [0.15, 0.2) is 39.9 Å². The van der Waals surface area contributed by atoms with E-state index in [1.807, 2.05) is 30.3 Å². The van der Waals surface area contributed by atoms with Crippen LogP contribution in [-0.4, -0.2) is 36.7 Å². The van der Waals surface area contributed by atoms with E-state index in [1.165, 1.54) is 4.57 Å². The Morgan fingerprint density at radius 1 is 1.21 bits per heavy atom. The number of ether oxygens (including phenoxy) is 1. The van der Waals surface area contributed by atoms with E-state index in [2.05, 4.69) is 15.0 Å². The quantitative estimate of drug-likeness (QED) is 0.502. The highest BCUT2D eigenvalue weighted by Crippen LogP contribution is 2.15. The fraction of sp³-hybridized carbons (Fsp3) is 0.263. The number of rotatable bonds is 5. The SMILES string of the molecule is CCOC(=O)Cc1nc2[nH]c(=O)n(Cc3cc4ccccc4[nH]3)c(=O)c2n1C. The summed E-state index contributed by atoms with van der Waals surface area (Å²) in [6.45, 7) is 2.07. The summed E-state index contributed by atoms with van der Waals surface area (Å²) in [5.74, 6) is -0.0915. The third kappa shape index (κ3) is 3.00. The lowest BCUT2D eigenvalue weighted by Gasteiger charge is -2.04. The number of para-hydroxylation sites is 1. The Morgan fingerprint density at radius 3 is 2.75 bits per heavy atom. The van der Waals surface area contributed by atoms with Crippen molar-refractivity contribution in [3.63, 3.8) is 0 Å². The first kappa shape index (κ1) is 17.8. The zero-order valence-electron chi connectivity index (χ0n) is 15.5. The maximum Gasteiger partial charge on any atom is 0.330 e. The molecule has 28 heavy (non-hydrogen) atoms. The van der Waals surface area contributed by atoms with E-state index < -0.39 is 17.2 Å². The fourth-order valence-electron chi connectivity index (χ4n) is 3.30. The van der Waals surface area contributed by atoms with Crippen LogP contribution in [0.5, 0.6) is 0 Å². The molecule has 2 N–H and O–H groups in total. The van der Waals surface area contributed by atoms with Crippen LogP contribution in [0.3, 0.4) is 0 Å². The van der Waals surface area contributed by atoms with E-state index in [4.69, 9.17) is 4.74 Å². The lowest BCUT2D eigenvalue weighted by Crippen LogP contribution is -2.36. The Hall–Kier alpha value is -3.62. The summed E-state index contributed by atoms with van der Waals surface area (Å²) in [5, 5.41) is 1.00. The van der Waals surface area contributed by atoms with Crippen LogP contribution in [0.4, 0.5) is 0 Å². The zero-order valence-corrected chi connectivity index (χ0v) is 15.5. The molecule has 144 valence electrons. The van der Waals surface area contributed by atoms with Crippen molar-refractivity contribution in [1.29, 1.82) is 0 Å². The number of nitrogens with zero attached hydrogens (tertiary/aromatic N) is 3. The number of imidazole rings is 1. The molecular formula is C19H19N5O4. The number of fused-ring (bicyclic) bond motifs is 2. The van der Waals surface area contributed by atoms with Gasteiger partial charge in [-0.1, -0.05) is 18.2 Å². The summed E-state index contributed by atoms with van der Waals surface area (Å²) >= 11 is 0. The maximum atomic E-state index is 13.0. The molecule has 4 rings (SSSR count). The first-order valence-electron chi connectivity index (χ1n) is 8.88. The molecule has 9 nitrogen and oxygen atoms in total. The second-order valence-corrected chi connectivity index (χ2v) is 6.47. The Bertz CT molecular complexity index is 1270. The molecule has 0 atom stereocenters. The van der Waals surface area contributed by atoms with E-state index in [0.717, 1.165) is 21.2 Å². The summed E-state index contributed by atoms with van der Waals surface area (Å²) in [6, 6.07) is 9.62. The number of aromatic nitrogens is 5. The minimum atomic E-state index is -0.558. The summed E-state index contributed by atoms with van der Waals surface area (Å²) < 4.78 is 7.56. The molecule has 0 saturated carbocycles. The molecule has 3 aromatic heterocycles. The van der Waals surface area contributed by atoms with Gasteiger partial charge in [-0.15, -0.1) is 0 Å².